The molecule has 0 spiro atoms. The molecule has 5 heteroatoms. The summed E-state index contributed by atoms with van der Waals surface area (Å²) in [4.78, 5) is 11.5. The van der Waals surface area contributed by atoms with Gasteiger partial charge in [-0.05, 0) is 25.1 Å². The van der Waals surface area contributed by atoms with Crippen molar-refractivity contribution >= 4 is 5.97 Å². The van der Waals surface area contributed by atoms with Gasteiger partial charge in [0.1, 0.15) is 0 Å². The van der Waals surface area contributed by atoms with Crippen molar-refractivity contribution in [3.63, 3.8) is 0 Å². The van der Waals surface area contributed by atoms with E-state index in [2.05, 4.69) is 10.2 Å². The summed E-state index contributed by atoms with van der Waals surface area (Å²) in [7, 11) is 1.54. The maximum Gasteiger partial charge on any atom is 0.338 e. The first-order chi connectivity index (χ1) is 9.24. The highest BCUT2D eigenvalue weighted by Crippen LogP contribution is 2.18. The Hall–Kier alpha value is -2.43. The molecular weight excluding hydrogens is 244 g/mol. The highest BCUT2D eigenvalue weighted by atomic mass is 16.5. The summed E-state index contributed by atoms with van der Waals surface area (Å²) >= 11 is 0. The number of methoxy groups -OCH3 is 1. The van der Waals surface area contributed by atoms with Crippen molar-refractivity contribution in [3.05, 3.63) is 42.0 Å². The molecule has 0 unspecified atom stereocenters. The van der Waals surface area contributed by atoms with Crippen molar-refractivity contribution in [3.8, 4) is 17.1 Å². The molecule has 0 aliphatic carbocycles. The van der Waals surface area contributed by atoms with E-state index in [9.17, 15) is 4.79 Å². The van der Waals surface area contributed by atoms with E-state index >= 15 is 0 Å². The van der Waals surface area contributed by atoms with E-state index in [0.717, 1.165) is 11.3 Å². The minimum absolute atomic E-state index is 0.324. The van der Waals surface area contributed by atoms with Gasteiger partial charge in [-0.25, -0.2) is 4.79 Å². The highest BCUT2D eigenvalue weighted by Gasteiger charge is 2.07. The maximum atomic E-state index is 11.5. The van der Waals surface area contributed by atoms with Crippen LogP contribution in [0.4, 0.5) is 0 Å². The van der Waals surface area contributed by atoms with E-state index in [1.807, 2.05) is 18.2 Å². The molecule has 1 heterocycles. The monoisotopic (exact) mass is 258 g/mol. The van der Waals surface area contributed by atoms with E-state index < -0.39 is 0 Å². The van der Waals surface area contributed by atoms with Gasteiger partial charge in [0.25, 0.3) is 0 Å². The van der Waals surface area contributed by atoms with Crippen LogP contribution in [0.2, 0.25) is 0 Å². The predicted octanol–water partition coefficient (Wildman–Crippen LogP) is 2.33. The molecule has 0 N–H and O–H groups in total. The Balaban J connectivity index is 2.19. The number of ether oxygens (including phenoxy) is 2. The topological polar surface area (TPSA) is 61.3 Å². The summed E-state index contributed by atoms with van der Waals surface area (Å²) in [5.41, 5.74) is 2.12. The summed E-state index contributed by atoms with van der Waals surface area (Å²) in [6.07, 6.45) is 0. The summed E-state index contributed by atoms with van der Waals surface area (Å²) in [6.45, 7) is 2.14. The lowest BCUT2D eigenvalue weighted by molar-refractivity contribution is 0.0526. The van der Waals surface area contributed by atoms with Crippen LogP contribution in [0.3, 0.4) is 0 Å². The molecule has 0 amide bonds. The average molecular weight is 258 g/mol. The zero-order chi connectivity index (χ0) is 13.7. The third-order valence-corrected chi connectivity index (χ3v) is 2.54. The van der Waals surface area contributed by atoms with Crippen molar-refractivity contribution in [2.45, 2.75) is 6.92 Å². The van der Waals surface area contributed by atoms with Gasteiger partial charge in [0, 0.05) is 11.6 Å². The van der Waals surface area contributed by atoms with Crippen molar-refractivity contribution < 1.29 is 14.3 Å². The van der Waals surface area contributed by atoms with Gasteiger partial charge in [0.15, 0.2) is 0 Å². The molecule has 19 heavy (non-hydrogen) atoms. The molecule has 5 nitrogen and oxygen atoms in total. The number of carbonyl (C=O) groups is 1. The molecule has 2 rings (SSSR count). The molecule has 0 saturated carbocycles. The molecule has 0 radical (unpaired) electrons. The zero-order valence-electron chi connectivity index (χ0n) is 10.8. The molecule has 0 atom stereocenters. The molecule has 0 saturated heterocycles. The lowest BCUT2D eigenvalue weighted by Gasteiger charge is -2.04. The Morgan fingerprint density at radius 2 is 1.84 bits per heavy atom. The first kappa shape index (κ1) is 13.0. The van der Waals surface area contributed by atoms with Crippen LogP contribution in [-0.2, 0) is 4.74 Å². The summed E-state index contributed by atoms with van der Waals surface area (Å²) < 4.78 is 9.87. The lowest BCUT2D eigenvalue weighted by Crippen LogP contribution is -2.04. The molecule has 0 aliphatic rings. The fourth-order valence-electron chi connectivity index (χ4n) is 1.57. The SMILES string of the molecule is CCOC(=O)c1ccc(-c2ccc(OC)nn2)cc1. The van der Waals surface area contributed by atoms with Crippen LogP contribution >= 0.6 is 0 Å². The van der Waals surface area contributed by atoms with Crippen molar-refractivity contribution in [1.29, 1.82) is 0 Å². The molecule has 1 aromatic carbocycles. The quantitative estimate of drug-likeness (QED) is 0.788. The Morgan fingerprint density at radius 1 is 1.11 bits per heavy atom. The van der Waals surface area contributed by atoms with Gasteiger partial charge in [-0.2, -0.15) is 0 Å². The fraction of sp³-hybridized carbons (Fsp3) is 0.214. The summed E-state index contributed by atoms with van der Waals surface area (Å²) in [5.74, 6) is 0.141. The van der Waals surface area contributed by atoms with Gasteiger partial charge in [-0.15, -0.1) is 10.2 Å². The summed E-state index contributed by atoms with van der Waals surface area (Å²) in [6, 6.07) is 10.6. The molecule has 0 bridgehead atoms. The Morgan fingerprint density at radius 3 is 2.37 bits per heavy atom. The third kappa shape index (κ3) is 3.07. The van der Waals surface area contributed by atoms with Crippen LogP contribution < -0.4 is 4.74 Å². The predicted molar refractivity (Wildman–Crippen MR) is 70.0 cm³/mol. The number of carbonyl (C=O) groups excluding carboxylic acids is 1. The first-order valence-corrected chi connectivity index (χ1v) is 5.90. The van der Waals surface area contributed by atoms with Crippen LogP contribution in [0.15, 0.2) is 36.4 Å². The molecule has 0 aliphatic heterocycles. The van der Waals surface area contributed by atoms with Crippen LogP contribution in [0.5, 0.6) is 5.88 Å². The van der Waals surface area contributed by atoms with Gasteiger partial charge in [-0.3, -0.25) is 0 Å². The fourth-order valence-corrected chi connectivity index (χ4v) is 1.57. The van der Waals surface area contributed by atoms with Gasteiger partial charge >= 0.3 is 5.97 Å². The van der Waals surface area contributed by atoms with E-state index in [1.165, 1.54) is 7.11 Å². The van der Waals surface area contributed by atoms with Gasteiger partial charge in [-0.1, -0.05) is 12.1 Å². The standard InChI is InChI=1S/C14H14N2O3/c1-3-19-14(17)11-6-4-10(5-7-11)12-8-9-13(18-2)16-15-12/h4-9H,3H2,1-2H3. The van der Waals surface area contributed by atoms with Crippen LogP contribution in [0, 0.1) is 0 Å². The second-order valence-electron chi connectivity index (χ2n) is 3.76. The Kier molecular flexibility index (Phi) is 4.07. The van der Waals surface area contributed by atoms with Crippen LogP contribution in [0.25, 0.3) is 11.3 Å². The number of rotatable bonds is 4. The lowest BCUT2D eigenvalue weighted by atomic mass is 10.1. The number of benzene rings is 1. The number of nitrogens with zero attached hydrogens (tertiary/aromatic N) is 2. The number of aromatic nitrogens is 2. The van der Waals surface area contributed by atoms with Crippen LogP contribution in [-0.4, -0.2) is 29.9 Å². The van der Waals surface area contributed by atoms with E-state index in [4.69, 9.17) is 9.47 Å². The number of esters is 1. The smallest absolute Gasteiger partial charge is 0.338 e. The molecule has 2 aromatic rings. The Labute approximate surface area is 111 Å². The van der Waals surface area contributed by atoms with Crippen molar-refractivity contribution in [2.24, 2.45) is 0 Å². The molecule has 98 valence electrons. The average Bonchev–Trinajstić information content (AvgIpc) is 2.48. The van der Waals surface area contributed by atoms with Gasteiger partial charge in [0.2, 0.25) is 5.88 Å². The van der Waals surface area contributed by atoms with E-state index in [1.54, 1.807) is 25.1 Å². The minimum Gasteiger partial charge on any atom is -0.480 e. The van der Waals surface area contributed by atoms with Crippen molar-refractivity contribution in [1.82, 2.24) is 10.2 Å². The molecular formula is C14H14N2O3. The highest BCUT2D eigenvalue weighted by molar-refractivity contribution is 5.89. The first-order valence-electron chi connectivity index (χ1n) is 5.90. The van der Waals surface area contributed by atoms with E-state index in [0.29, 0.717) is 18.1 Å². The van der Waals surface area contributed by atoms with Crippen LogP contribution in [0.1, 0.15) is 17.3 Å². The normalized spacial score (nSPS) is 10.0. The molecule has 0 fully saturated rings. The largest absolute Gasteiger partial charge is 0.480 e. The summed E-state index contributed by atoms with van der Waals surface area (Å²) in [5, 5.41) is 7.94. The Bertz CT molecular complexity index is 550. The second-order valence-corrected chi connectivity index (χ2v) is 3.76. The maximum absolute atomic E-state index is 11.5. The molecule has 1 aromatic heterocycles. The third-order valence-electron chi connectivity index (χ3n) is 2.54. The minimum atomic E-state index is -0.324. The second kappa shape index (κ2) is 5.95. The zero-order valence-corrected chi connectivity index (χ0v) is 10.8. The number of hydrogen-bond acceptors (Lipinski definition) is 5. The van der Waals surface area contributed by atoms with Gasteiger partial charge in [0.05, 0.1) is 25.0 Å². The van der Waals surface area contributed by atoms with E-state index in [-0.39, 0.29) is 5.97 Å². The van der Waals surface area contributed by atoms with Gasteiger partial charge < -0.3 is 9.47 Å². The number of hydrogen-bond donors (Lipinski definition) is 0. The van der Waals surface area contributed by atoms with Crippen molar-refractivity contribution in [2.75, 3.05) is 13.7 Å².